The summed E-state index contributed by atoms with van der Waals surface area (Å²) in [6, 6.07) is -1.19. The minimum absolute atomic E-state index is 0.130. The van der Waals surface area contributed by atoms with Crippen molar-refractivity contribution in [1.29, 1.82) is 0 Å². The lowest BCUT2D eigenvalue weighted by Gasteiger charge is -2.47. The van der Waals surface area contributed by atoms with Crippen LogP contribution in [0.5, 0.6) is 0 Å². The average Bonchev–Trinajstić information content (AvgIpc) is 2.23. The van der Waals surface area contributed by atoms with Gasteiger partial charge in [-0.1, -0.05) is 5.16 Å². The van der Waals surface area contributed by atoms with Gasteiger partial charge < -0.3 is 10.6 Å². The number of β-lactam (4-membered cyclic amide) rings is 1. The van der Waals surface area contributed by atoms with E-state index in [-0.39, 0.29) is 4.31 Å². The van der Waals surface area contributed by atoms with Crippen LogP contribution >= 0.6 is 0 Å². The van der Waals surface area contributed by atoms with Gasteiger partial charge in [0, 0.05) is 0 Å². The van der Waals surface area contributed by atoms with E-state index >= 15 is 0 Å². The number of amides is 1. The Morgan fingerprint density at radius 1 is 1.71 bits per heavy atom. The van der Waals surface area contributed by atoms with Gasteiger partial charge >= 0.3 is 10.3 Å². The van der Waals surface area contributed by atoms with Gasteiger partial charge in [0.15, 0.2) is 5.54 Å². The molecular formula is C7H11N3O6S. The quantitative estimate of drug-likeness (QED) is 0.195. The number of hydrogen-bond donors (Lipinski definition) is 2. The molecule has 0 aliphatic carbocycles. The molecule has 0 saturated carbocycles. The highest BCUT2D eigenvalue weighted by Crippen LogP contribution is 2.31. The van der Waals surface area contributed by atoms with Crippen LogP contribution in [0.25, 0.3) is 0 Å². The highest BCUT2D eigenvalue weighted by Gasteiger charge is 2.64. The first kappa shape index (κ1) is 13.5. The van der Waals surface area contributed by atoms with Crippen LogP contribution in [-0.4, -0.2) is 53.9 Å². The monoisotopic (exact) mass is 265 g/mol. The van der Waals surface area contributed by atoms with Gasteiger partial charge in [-0.05, 0) is 6.92 Å². The summed E-state index contributed by atoms with van der Waals surface area (Å²) in [5.74, 6) is -2.11. The maximum absolute atomic E-state index is 11.5. The minimum Gasteiger partial charge on any atom is -0.399 e. The second-order valence-electron chi connectivity index (χ2n) is 3.41. The lowest BCUT2D eigenvalue weighted by atomic mass is 9.80. The van der Waals surface area contributed by atoms with Crippen molar-refractivity contribution < 1.29 is 27.4 Å². The summed E-state index contributed by atoms with van der Waals surface area (Å²) in [5.41, 5.74) is 3.45. The predicted octanol–water partition coefficient (Wildman–Crippen LogP) is -2.08. The molecule has 9 nitrogen and oxygen atoms in total. The van der Waals surface area contributed by atoms with Crippen LogP contribution < -0.4 is 5.73 Å². The van der Waals surface area contributed by atoms with E-state index in [4.69, 9.17) is 10.3 Å². The van der Waals surface area contributed by atoms with E-state index in [1.807, 2.05) is 0 Å². The van der Waals surface area contributed by atoms with Gasteiger partial charge in [-0.3, -0.25) is 14.1 Å². The number of rotatable bonds is 4. The molecule has 0 aromatic heterocycles. The van der Waals surface area contributed by atoms with Crippen molar-refractivity contribution in [2.24, 2.45) is 10.9 Å². The third-order valence-corrected chi connectivity index (χ3v) is 3.48. The summed E-state index contributed by atoms with van der Waals surface area (Å²) in [7, 11) is -3.53. The maximum atomic E-state index is 11.5. The van der Waals surface area contributed by atoms with Crippen molar-refractivity contribution in [2.45, 2.75) is 18.5 Å². The van der Waals surface area contributed by atoms with Crippen molar-refractivity contribution in [3.8, 4) is 0 Å². The van der Waals surface area contributed by atoms with E-state index in [0.717, 1.165) is 0 Å². The van der Waals surface area contributed by atoms with Crippen LogP contribution in [0.15, 0.2) is 5.16 Å². The smallest absolute Gasteiger partial charge is 0.362 e. The molecule has 2 unspecified atom stereocenters. The molecule has 0 aromatic rings. The molecule has 3 N–H and O–H groups in total. The summed E-state index contributed by atoms with van der Waals surface area (Å²) in [4.78, 5) is 27.2. The number of Topliss-reactive ketones (excluding diaryl/α,β-unsaturated/α-hetero) is 1. The van der Waals surface area contributed by atoms with Gasteiger partial charge in [0.25, 0.3) is 5.91 Å². The molecule has 1 saturated heterocycles. The van der Waals surface area contributed by atoms with Gasteiger partial charge in [0.2, 0.25) is 5.78 Å². The Hall–Kier alpha value is -1.52. The Morgan fingerprint density at radius 3 is 2.59 bits per heavy atom. The van der Waals surface area contributed by atoms with E-state index in [9.17, 15) is 18.0 Å². The first-order chi connectivity index (χ1) is 7.67. The fraction of sp³-hybridized carbons (Fsp3) is 0.571. The summed E-state index contributed by atoms with van der Waals surface area (Å²) in [5, 5.41) is 3.14. The molecule has 1 fully saturated rings. The van der Waals surface area contributed by atoms with Crippen LogP contribution in [0.1, 0.15) is 6.92 Å². The third kappa shape index (κ3) is 1.90. The largest absolute Gasteiger partial charge is 0.399 e. The fourth-order valence-electron chi connectivity index (χ4n) is 1.48. The fourth-order valence-corrected chi connectivity index (χ4v) is 2.41. The molecule has 0 bridgehead atoms. The lowest BCUT2D eigenvalue weighted by molar-refractivity contribution is -0.153. The predicted molar refractivity (Wildman–Crippen MR) is 55.3 cm³/mol. The second kappa shape index (κ2) is 4.05. The first-order valence-electron chi connectivity index (χ1n) is 4.38. The Balaban J connectivity index is 3.01. The Kier molecular flexibility index (Phi) is 3.23. The van der Waals surface area contributed by atoms with E-state index < -0.39 is 33.6 Å². The van der Waals surface area contributed by atoms with E-state index in [2.05, 4.69) is 9.99 Å². The summed E-state index contributed by atoms with van der Waals surface area (Å²) in [6.45, 7) is 1.22. The molecule has 0 radical (unpaired) electrons. The summed E-state index contributed by atoms with van der Waals surface area (Å²) >= 11 is 0. The number of hydrogen-bond acceptors (Lipinski definition) is 7. The molecular weight excluding hydrogens is 254 g/mol. The molecule has 1 aliphatic heterocycles. The molecule has 0 spiro atoms. The van der Waals surface area contributed by atoms with Crippen molar-refractivity contribution in [3.63, 3.8) is 0 Å². The van der Waals surface area contributed by atoms with E-state index in [1.54, 1.807) is 0 Å². The highest BCUT2D eigenvalue weighted by atomic mass is 32.2. The molecule has 0 aromatic carbocycles. The Morgan fingerprint density at radius 2 is 2.24 bits per heavy atom. The zero-order chi connectivity index (χ0) is 13.4. The number of nitrogens with two attached hydrogens (primary N) is 1. The normalized spacial score (nSPS) is 29.3. The molecule has 1 rings (SSSR count). The second-order valence-corrected chi connectivity index (χ2v) is 4.69. The van der Waals surface area contributed by atoms with Gasteiger partial charge in [0.05, 0.1) is 6.04 Å². The molecule has 1 heterocycles. The minimum atomic E-state index is -4.71. The molecule has 1 aliphatic rings. The number of ketones is 1. The van der Waals surface area contributed by atoms with Crippen molar-refractivity contribution >= 4 is 28.2 Å². The van der Waals surface area contributed by atoms with E-state index in [0.29, 0.717) is 6.21 Å². The van der Waals surface area contributed by atoms with Crippen molar-refractivity contribution in [3.05, 3.63) is 0 Å². The van der Waals surface area contributed by atoms with Crippen LogP contribution in [0.2, 0.25) is 0 Å². The van der Waals surface area contributed by atoms with Gasteiger partial charge in [-0.15, -0.1) is 0 Å². The van der Waals surface area contributed by atoms with Crippen molar-refractivity contribution in [2.75, 3.05) is 7.11 Å². The number of nitrogens with zero attached hydrogens (tertiary/aromatic N) is 2. The summed E-state index contributed by atoms with van der Waals surface area (Å²) in [6.07, 6.45) is 0.676. The lowest BCUT2D eigenvalue weighted by Crippen LogP contribution is -2.81. The molecule has 10 heteroatoms. The number of oxime groups is 1. The molecule has 2 atom stereocenters. The van der Waals surface area contributed by atoms with Crippen LogP contribution in [-0.2, 0) is 24.7 Å². The maximum Gasteiger partial charge on any atom is 0.362 e. The first-order valence-corrected chi connectivity index (χ1v) is 5.78. The van der Waals surface area contributed by atoms with Crippen molar-refractivity contribution in [1.82, 2.24) is 4.31 Å². The van der Waals surface area contributed by atoms with E-state index in [1.165, 1.54) is 14.0 Å². The van der Waals surface area contributed by atoms with Crippen LogP contribution in [0.3, 0.4) is 0 Å². The molecule has 17 heavy (non-hydrogen) atoms. The number of carbonyl (C=O) groups is 2. The standard InChI is InChI=1S/C7H11N3O6S/c1-4-7(8,5(11)3-9-16-2)6(12)10(4)17(13,14)15/h3-4H,8H2,1-2H3,(H,13,14,15). The molecule has 96 valence electrons. The molecule has 1 amide bonds. The Bertz CT molecular complexity index is 486. The highest BCUT2D eigenvalue weighted by molar-refractivity contribution is 7.84. The average molecular weight is 265 g/mol. The SMILES string of the molecule is CON=CC(=O)C1(N)C(=O)N(S(=O)(=O)O)C1C. The van der Waals surface area contributed by atoms with Gasteiger partial charge in [-0.2, -0.15) is 8.42 Å². The topological polar surface area (TPSA) is 139 Å². The summed E-state index contributed by atoms with van der Waals surface area (Å²) < 4.78 is 30.4. The number of carbonyl (C=O) groups excluding carboxylic acids is 2. The zero-order valence-electron chi connectivity index (χ0n) is 9.02. The Labute approximate surface area is 97.1 Å². The third-order valence-electron chi connectivity index (χ3n) is 2.50. The van der Waals surface area contributed by atoms with Gasteiger partial charge in [-0.25, -0.2) is 4.31 Å². The van der Waals surface area contributed by atoms with Gasteiger partial charge in [0.1, 0.15) is 13.3 Å². The zero-order valence-corrected chi connectivity index (χ0v) is 9.84. The van der Waals surface area contributed by atoms with Crippen LogP contribution in [0.4, 0.5) is 0 Å². The van der Waals surface area contributed by atoms with Crippen LogP contribution in [0, 0.1) is 0 Å².